The summed E-state index contributed by atoms with van der Waals surface area (Å²) >= 11 is 0. The normalized spacial score (nSPS) is 11.3. The molecule has 0 saturated carbocycles. The van der Waals surface area contributed by atoms with Gasteiger partial charge in [0.05, 0.1) is 18.2 Å². The van der Waals surface area contributed by atoms with Crippen LogP contribution in [-0.2, 0) is 17.4 Å². The van der Waals surface area contributed by atoms with Gasteiger partial charge in [0, 0.05) is 6.07 Å². The van der Waals surface area contributed by atoms with E-state index in [4.69, 9.17) is 9.15 Å². The largest absolute Gasteiger partial charge is 0.465 e. The highest BCUT2D eigenvalue weighted by Crippen LogP contribution is 2.33. The number of H-pyrrole nitrogens is 1. The average Bonchev–Trinajstić information content (AvgIpc) is 3.26. The number of hydrogen-bond donors (Lipinski definition) is 1. The number of halogens is 3. The number of hydrogen-bond acceptors (Lipinski definition) is 6. The lowest BCUT2D eigenvalue weighted by Crippen LogP contribution is -2.18. The molecular formula is C16H10F3N3O4. The second-order valence-electron chi connectivity index (χ2n) is 5.10. The van der Waals surface area contributed by atoms with Crippen molar-refractivity contribution in [1.29, 1.82) is 0 Å². The minimum atomic E-state index is -4.52. The van der Waals surface area contributed by atoms with Crippen LogP contribution in [0.4, 0.5) is 13.2 Å². The van der Waals surface area contributed by atoms with Crippen LogP contribution in [0.5, 0.6) is 11.5 Å². The van der Waals surface area contributed by atoms with Crippen LogP contribution < -0.4 is 4.74 Å². The molecule has 0 aliphatic carbocycles. The fourth-order valence-corrected chi connectivity index (χ4v) is 2.08. The third kappa shape index (κ3) is 3.79. The van der Waals surface area contributed by atoms with Crippen molar-refractivity contribution in [2.24, 2.45) is 0 Å². The predicted molar refractivity (Wildman–Crippen MR) is 79.7 cm³/mol. The molecular weight excluding hydrogens is 355 g/mol. The summed E-state index contributed by atoms with van der Waals surface area (Å²) in [5, 5.41) is 5.75. The van der Waals surface area contributed by atoms with Crippen molar-refractivity contribution < 1.29 is 31.9 Å². The minimum absolute atomic E-state index is 0.000257. The number of carbonyl (C=O) groups is 2. The van der Waals surface area contributed by atoms with Gasteiger partial charge in [0.1, 0.15) is 12.1 Å². The van der Waals surface area contributed by atoms with Gasteiger partial charge in [-0.05, 0) is 18.2 Å². The summed E-state index contributed by atoms with van der Waals surface area (Å²) in [4.78, 5) is 27.4. The van der Waals surface area contributed by atoms with Crippen molar-refractivity contribution in [2.75, 3.05) is 0 Å². The molecule has 0 spiro atoms. The first-order chi connectivity index (χ1) is 12.3. The Morgan fingerprint density at radius 1 is 1.23 bits per heavy atom. The van der Waals surface area contributed by atoms with E-state index in [1.807, 2.05) is 0 Å². The topological polar surface area (TPSA) is 98.1 Å². The summed E-state index contributed by atoms with van der Waals surface area (Å²) in [6.45, 7) is 0. The molecule has 7 nitrogen and oxygen atoms in total. The Morgan fingerprint density at radius 3 is 2.73 bits per heavy atom. The maximum absolute atomic E-state index is 12.8. The molecule has 0 fully saturated rings. The van der Waals surface area contributed by atoms with Gasteiger partial charge in [-0.2, -0.15) is 18.3 Å². The lowest BCUT2D eigenvalue weighted by molar-refractivity contribution is -0.137. The van der Waals surface area contributed by atoms with Crippen molar-refractivity contribution in [2.45, 2.75) is 12.6 Å². The van der Waals surface area contributed by atoms with Gasteiger partial charge in [-0.25, -0.2) is 4.98 Å². The Balaban J connectivity index is 1.75. The zero-order chi connectivity index (χ0) is 18.7. The monoisotopic (exact) mass is 365 g/mol. The molecule has 0 saturated heterocycles. The van der Waals surface area contributed by atoms with Crippen molar-refractivity contribution >= 4 is 11.6 Å². The number of ether oxygens (including phenoxy) is 1. The lowest BCUT2D eigenvalue weighted by atomic mass is 10.1. The molecule has 1 aromatic carbocycles. The Bertz CT molecular complexity index is 932. The molecule has 0 radical (unpaired) electrons. The maximum Gasteiger partial charge on any atom is 0.416 e. The number of Topliss-reactive ketones (excluding diaryl/α,β-unsaturated/α-hetero) is 2. The first-order valence-electron chi connectivity index (χ1n) is 7.19. The SMILES string of the molecule is O=C(Cc1occc1Oc1cccc(C(F)(F)F)c1)C(=O)c1ncn[nH]1. The minimum Gasteiger partial charge on any atom is -0.465 e. The van der Waals surface area contributed by atoms with Crippen LogP contribution in [0.25, 0.3) is 0 Å². The van der Waals surface area contributed by atoms with Crippen molar-refractivity contribution in [3.8, 4) is 11.5 Å². The summed E-state index contributed by atoms with van der Waals surface area (Å²) in [5.74, 6) is -2.02. The molecule has 0 bridgehead atoms. The van der Waals surface area contributed by atoms with Gasteiger partial charge in [-0.15, -0.1) is 0 Å². The van der Waals surface area contributed by atoms with E-state index >= 15 is 0 Å². The zero-order valence-electron chi connectivity index (χ0n) is 12.9. The van der Waals surface area contributed by atoms with Gasteiger partial charge in [0.2, 0.25) is 5.78 Å². The van der Waals surface area contributed by atoms with Crippen LogP contribution in [0, 0.1) is 0 Å². The first kappa shape index (κ1) is 17.4. The molecule has 134 valence electrons. The highest BCUT2D eigenvalue weighted by atomic mass is 19.4. The van der Waals surface area contributed by atoms with Gasteiger partial charge in [-0.1, -0.05) is 6.07 Å². The molecule has 3 aromatic rings. The molecule has 1 N–H and O–H groups in total. The van der Waals surface area contributed by atoms with Crippen LogP contribution in [0.15, 0.2) is 47.3 Å². The smallest absolute Gasteiger partial charge is 0.416 e. The van der Waals surface area contributed by atoms with E-state index in [0.29, 0.717) is 0 Å². The maximum atomic E-state index is 12.8. The molecule has 0 unspecified atom stereocenters. The molecule has 0 atom stereocenters. The predicted octanol–water partition coefficient (Wildman–Crippen LogP) is 3.20. The van der Waals surface area contributed by atoms with E-state index in [2.05, 4.69) is 15.2 Å². The first-order valence-corrected chi connectivity index (χ1v) is 7.19. The number of rotatable bonds is 6. The van der Waals surface area contributed by atoms with Gasteiger partial charge in [-0.3, -0.25) is 14.7 Å². The van der Waals surface area contributed by atoms with Crippen LogP contribution in [-0.4, -0.2) is 26.7 Å². The Labute approximate surface area is 143 Å². The van der Waals surface area contributed by atoms with E-state index in [1.165, 1.54) is 24.5 Å². The fraction of sp³-hybridized carbons (Fsp3) is 0.125. The second-order valence-corrected chi connectivity index (χ2v) is 5.10. The number of carbonyl (C=O) groups excluding carboxylic acids is 2. The standard InChI is InChI=1S/C16H10F3N3O4/c17-16(18,19)9-2-1-3-10(6-9)26-12-4-5-25-13(12)7-11(23)14(24)15-20-8-21-22-15/h1-6,8H,7H2,(H,20,21,22). The third-order valence-electron chi connectivity index (χ3n) is 3.30. The average molecular weight is 365 g/mol. The van der Waals surface area contributed by atoms with E-state index in [1.54, 1.807) is 0 Å². The molecule has 10 heteroatoms. The number of nitrogens with one attached hydrogen (secondary N) is 1. The molecule has 3 rings (SSSR count). The molecule has 2 aromatic heterocycles. The van der Waals surface area contributed by atoms with Gasteiger partial charge >= 0.3 is 6.18 Å². The second kappa shape index (κ2) is 6.82. The Morgan fingerprint density at radius 2 is 2.04 bits per heavy atom. The van der Waals surface area contributed by atoms with Crippen molar-refractivity contribution in [3.05, 3.63) is 60.1 Å². The summed E-state index contributed by atoms with van der Waals surface area (Å²) < 4.78 is 48.7. The van der Waals surface area contributed by atoms with Crippen LogP contribution in [0.1, 0.15) is 21.9 Å². The van der Waals surface area contributed by atoms with E-state index in [9.17, 15) is 22.8 Å². The van der Waals surface area contributed by atoms with Gasteiger partial charge < -0.3 is 9.15 Å². The fourth-order valence-electron chi connectivity index (χ4n) is 2.08. The van der Waals surface area contributed by atoms with Crippen LogP contribution >= 0.6 is 0 Å². The number of ketones is 2. The highest BCUT2D eigenvalue weighted by Gasteiger charge is 2.31. The van der Waals surface area contributed by atoms with Gasteiger partial charge in [0.15, 0.2) is 17.3 Å². The third-order valence-corrected chi connectivity index (χ3v) is 3.30. The van der Waals surface area contributed by atoms with Crippen LogP contribution in [0.2, 0.25) is 0 Å². The number of alkyl halides is 3. The summed E-state index contributed by atoms with van der Waals surface area (Å²) in [5.41, 5.74) is -0.878. The van der Waals surface area contributed by atoms with Crippen molar-refractivity contribution in [1.82, 2.24) is 15.2 Å². The molecule has 0 aliphatic heterocycles. The highest BCUT2D eigenvalue weighted by molar-refractivity contribution is 6.43. The summed E-state index contributed by atoms with van der Waals surface area (Å²) in [6, 6.07) is 5.58. The summed E-state index contributed by atoms with van der Waals surface area (Å²) in [6.07, 6.45) is -2.68. The molecule has 26 heavy (non-hydrogen) atoms. The zero-order valence-corrected chi connectivity index (χ0v) is 12.9. The Hall–Kier alpha value is -3.43. The number of furan rings is 1. The number of nitrogens with zero attached hydrogens (tertiary/aromatic N) is 2. The van der Waals surface area contributed by atoms with E-state index in [-0.39, 0.29) is 23.1 Å². The quantitative estimate of drug-likeness (QED) is 0.532. The summed E-state index contributed by atoms with van der Waals surface area (Å²) in [7, 11) is 0. The number of benzene rings is 1. The molecule has 0 aliphatic rings. The van der Waals surface area contributed by atoms with Gasteiger partial charge in [0.25, 0.3) is 5.78 Å². The number of aromatic amines is 1. The molecule has 0 amide bonds. The Kier molecular flexibility index (Phi) is 4.57. The molecule has 2 heterocycles. The number of aromatic nitrogens is 3. The lowest BCUT2D eigenvalue weighted by Gasteiger charge is -2.09. The van der Waals surface area contributed by atoms with E-state index in [0.717, 1.165) is 18.5 Å². The van der Waals surface area contributed by atoms with Crippen molar-refractivity contribution in [3.63, 3.8) is 0 Å². The van der Waals surface area contributed by atoms with E-state index < -0.39 is 29.7 Å². The van der Waals surface area contributed by atoms with Crippen LogP contribution in [0.3, 0.4) is 0 Å².